The Labute approximate surface area is 397 Å². The van der Waals surface area contributed by atoms with E-state index in [2.05, 4.69) is 260 Å². The van der Waals surface area contributed by atoms with Crippen LogP contribution in [0.1, 0.15) is 33.9 Å². The highest BCUT2D eigenvalue weighted by Gasteiger charge is 2.27. The molecule has 67 heavy (non-hydrogen) atoms. The molecule has 0 spiro atoms. The van der Waals surface area contributed by atoms with Gasteiger partial charge in [0.15, 0.2) is 0 Å². The van der Waals surface area contributed by atoms with Crippen molar-refractivity contribution in [3.63, 3.8) is 0 Å². The molecule has 0 radical (unpaired) electrons. The molecule has 11 aromatic rings. The van der Waals surface area contributed by atoms with Gasteiger partial charge in [0.2, 0.25) is 0 Å². The van der Waals surface area contributed by atoms with Gasteiger partial charge in [-0.25, -0.2) is 0 Å². The number of rotatable bonds is 9. The highest BCUT2D eigenvalue weighted by Crippen LogP contribution is 2.53. The van der Waals surface area contributed by atoms with Crippen LogP contribution in [-0.2, 0) is 0 Å². The van der Waals surface area contributed by atoms with E-state index in [1.165, 1.54) is 81.4 Å². The van der Waals surface area contributed by atoms with Crippen molar-refractivity contribution < 1.29 is 0 Å². The number of benzene rings is 11. The monoisotopic (exact) mass is 876 g/mol. The molecule has 1 aliphatic rings. The minimum absolute atomic E-state index is 0.451. The van der Waals surface area contributed by atoms with Gasteiger partial charge in [-0.3, -0.25) is 0 Å². The van der Waals surface area contributed by atoms with E-state index in [-0.39, 0.29) is 0 Å². The van der Waals surface area contributed by atoms with Crippen molar-refractivity contribution in [2.75, 3.05) is 9.80 Å². The maximum atomic E-state index is 2.49. The minimum atomic E-state index is 0.451. The molecule has 0 saturated heterocycles. The van der Waals surface area contributed by atoms with Crippen LogP contribution < -0.4 is 9.80 Å². The van der Waals surface area contributed by atoms with E-state index >= 15 is 0 Å². The molecule has 0 amide bonds. The summed E-state index contributed by atoms with van der Waals surface area (Å²) in [5.74, 6) is 0. The predicted octanol–water partition coefficient (Wildman–Crippen LogP) is 18.7. The molecule has 0 bridgehead atoms. The summed E-state index contributed by atoms with van der Waals surface area (Å²) < 4.78 is 0. The van der Waals surface area contributed by atoms with Crippen molar-refractivity contribution in [2.45, 2.75) is 25.5 Å². The van der Waals surface area contributed by atoms with Crippen molar-refractivity contribution in [1.29, 1.82) is 0 Å². The molecule has 0 aromatic heterocycles. The largest absolute Gasteiger partial charge is 0.309 e. The highest BCUT2D eigenvalue weighted by molar-refractivity contribution is 8.08. The molecule has 320 valence electrons. The van der Waals surface area contributed by atoms with E-state index in [0.717, 1.165) is 40.5 Å². The SMILES string of the molecule is Cc1ccc(N(c2ccc3ccccc3c2)c2c3ccccc3c(N(c3ccc(C)cc3)c3ccc4ccccc4c3)c3cc(-c4ccc(C5=CCC(c6ccccc6)S5)cc4)ccc23)cc1. The lowest BCUT2D eigenvalue weighted by atomic mass is 9.92. The first kappa shape index (κ1) is 40.6. The molecule has 1 heterocycles. The fourth-order valence-electron chi connectivity index (χ4n) is 9.98. The van der Waals surface area contributed by atoms with Gasteiger partial charge in [-0.1, -0.05) is 193 Å². The third-order valence-corrected chi connectivity index (χ3v) is 14.8. The van der Waals surface area contributed by atoms with Gasteiger partial charge in [-0.2, -0.15) is 0 Å². The van der Waals surface area contributed by atoms with E-state index in [0.29, 0.717) is 5.25 Å². The van der Waals surface area contributed by atoms with E-state index in [1.54, 1.807) is 0 Å². The molecule has 3 heteroatoms. The second kappa shape index (κ2) is 17.2. The van der Waals surface area contributed by atoms with Crippen LogP contribution in [0.4, 0.5) is 34.1 Å². The number of anilines is 6. The molecule has 2 nitrogen and oxygen atoms in total. The Morgan fingerprint density at radius 2 is 0.806 bits per heavy atom. The van der Waals surface area contributed by atoms with Gasteiger partial charge >= 0.3 is 0 Å². The summed E-state index contributed by atoms with van der Waals surface area (Å²) in [6.07, 6.45) is 3.46. The molecule has 11 aromatic carbocycles. The molecular formula is C64H48N2S. The van der Waals surface area contributed by atoms with Crippen molar-refractivity contribution >= 4 is 93.9 Å². The van der Waals surface area contributed by atoms with Crippen LogP contribution in [0.15, 0.2) is 237 Å². The highest BCUT2D eigenvalue weighted by atomic mass is 32.2. The third kappa shape index (κ3) is 7.62. The van der Waals surface area contributed by atoms with Gasteiger partial charge in [-0.15, -0.1) is 11.8 Å². The number of hydrogen-bond donors (Lipinski definition) is 0. The molecule has 0 fully saturated rings. The summed E-state index contributed by atoms with van der Waals surface area (Å²) in [5, 5.41) is 9.98. The average Bonchev–Trinajstić information content (AvgIpc) is 3.89. The first-order valence-electron chi connectivity index (χ1n) is 23.2. The van der Waals surface area contributed by atoms with Crippen molar-refractivity contribution in [3.05, 3.63) is 259 Å². The normalized spacial score (nSPS) is 13.6. The zero-order chi connectivity index (χ0) is 44.8. The van der Waals surface area contributed by atoms with Crippen LogP contribution in [0, 0.1) is 13.8 Å². The topological polar surface area (TPSA) is 6.48 Å². The predicted molar refractivity (Wildman–Crippen MR) is 290 cm³/mol. The molecule has 0 aliphatic carbocycles. The van der Waals surface area contributed by atoms with Crippen LogP contribution in [0.25, 0.3) is 59.1 Å². The second-order valence-electron chi connectivity index (χ2n) is 17.8. The zero-order valence-electron chi connectivity index (χ0n) is 37.6. The molecule has 1 unspecified atom stereocenters. The number of nitrogens with zero attached hydrogens (tertiary/aromatic N) is 2. The van der Waals surface area contributed by atoms with Gasteiger partial charge < -0.3 is 9.80 Å². The van der Waals surface area contributed by atoms with Gasteiger partial charge in [0, 0.05) is 54.4 Å². The number of thioether (sulfide) groups is 1. The Kier molecular flexibility index (Phi) is 10.4. The first-order valence-corrected chi connectivity index (χ1v) is 24.1. The van der Waals surface area contributed by atoms with E-state index < -0.39 is 0 Å². The van der Waals surface area contributed by atoms with Crippen LogP contribution in [0.2, 0.25) is 0 Å². The van der Waals surface area contributed by atoms with E-state index in [4.69, 9.17) is 0 Å². The lowest BCUT2D eigenvalue weighted by Crippen LogP contribution is -2.14. The average molecular weight is 877 g/mol. The first-order chi connectivity index (χ1) is 33.0. The molecular weight excluding hydrogens is 829 g/mol. The standard InChI is InChI=1S/C64H48N2S/c1-43-20-31-53(32-21-43)65(55-35-28-45-12-6-8-16-50(45)40-55)63-57-18-10-11-19-58(57)64(66(54-33-22-44(2)23-34-54)56-36-29-46-13-7-9-17-51(46)41-56)60-42-52(30-37-59(60)63)47-24-26-49(27-25-47)62-39-38-61(67-62)48-14-4-3-5-15-48/h3-37,39-42,61H,38H2,1-2H3. The van der Waals surface area contributed by atoms with Crippen LogP contribution >= 0.6 is 11.8 Å². The Morgan fingerprint density at radius 3 is 1.37 bits per heavy atom. The lowest BCUT2D eigenvalue weighted by Gasteiger charge is -2.33. The molecule has 1 atom stereocenters. The summed E-state index contributed by atoms with van der Waals surface area (Å²) >= 11 is 1.98. The Balaban J connectivity index is 1.11. The Hall–Kier alpha value is -7.85. The maximum Gasteiger partial charge on any atom is 0.0620 e. The van der Waals surface area contributed by atoms with E-state index in [9.17, 15) is 0 Å². The number of hydrogen-bond acceptors (Lipinski definition) is 3. The fourth-order valence-corrected chi connectivity index (χ4v) is 11.2. The Bertz CT molecular complexity index is 3650. The van der Waals surface area contributed by atoms with Crippen molar-refractivity contribution in [2.24, 2.45) is 0 Å². The number of aryl methyl sites for hydroxylation is 2. The van der Waals surface area contributed by atoms with Crippen molar-refractivity contribution in [3.8, 4) is 11.1 Å². The smallest absolute Gasteiger partial charge is 0.0620 e. The second-order valence-corrected chi connectivity index (χ2v) is 19.1. The van der Waals surface area contributed by atoms with Crippen molar-refractivity contribution in [1.82, 2.24) is 0 Å². The summed E-state index contributed by atoms with van der Waals surface area (Å²) in [6, 6.07) is 85.4. The van der Waals surface area contributed by atoms with Gasteiger partial charge in [0.1, 0.15) is 0 Å². The Morgan fingerprint density at radius 1 is 0.358 bits per heavy atom. The van der Waals surface area contributed by atoms with Gasteiger partial charge in [0.05, 0.1) is 11.4 Å². The maximum absolute atomic E-state index is 2.49. The lowest BCUT2D eigenvalue weighted by molar-refractivity contribution is 0.991. The summed E-state index contributed by atoms with van der Waals surface area (Å²) in [6.45, 7) is 4.33. The summed E-state index contributed by atoms with van der Waals surface area (Å²) in [4.78, 5) is 6.33. The van der Waals surface area contributed by atoms with Crippen LogP contribution in [0.5, 0.6) is 0 Å². The number of allylic oxidation sites excluding steroid dienone is 1. The van der Waals surface area contributed by atoms with Crippen LogP contribution in [0.3, 0.4) is 0 Å². The molecule has 1 aliphatic heterocycles. The quantitative estimate of drug-likeness (QED) is 0.105. The number of fused-ring (bicyclic) bond motifs is 4. The molecule has 12 rings (SSSR count). The minimum Gasteiger partial charge on any atom is -0.309 e. The zero-order valence-corrected chi connectivity index (χ0v) is 38.4. The molecule has 0 N–H and O–H groups in total. The third-order valence-electron chi connectivity index (χ3n) is 13.4. The molecule has 0 saturated carbocycles. The fraction of sp³-hybridized carbons (Fsp3) is 0.0625. The van der Waals surface area contributed by atoms with E-state index in [1.807, 2.05) is 11.8 Å². The van der Waals surface area contributed by atoms with Gasteiger partial charge in [0.25, 0.3) is 0 Å². The summed E-state index contributed by atoms with van der Waals surface area (Å²) in [7, 11) is 0. The summed E-state index contributed by atoms with van der Waals surface area (Å²) in [5.41, 5.74) is 14.2. The van der Waals surface area contributed by atoms with Gasteiger partial charge in [-0.05, 0) is 119 Å². The van der Waals surface area contributed by atoms with Crippen LogP contribution in [-0.4, -0.2) is 0 Å².